The van der Waals surface area contributed by atoms with E-state index in [0.29, 0.717) is 6.54 Å². The number of carbonyl (C=O) groups excluding carboxylic acids is 1. The Hall–Kier alpha value is -1.85. The molecule has 1 fully saturated rings. The first-order valence-corrected chi connectivity index (χ1v) is 9.61. The summed E-state index contributed by atoms with van der Waals surface area (Å²) in [6.45, 7) is 8.77. The number of hydrogen-bond acceptors (Lipinski definition) is 4. The Morgan fingerprint density at radius 2 is 1.83 bits per heavy atom. The maximum absolute atomic E-state index is 12.7. The first-order chi connectivity index (χ1) is 11.5. The molecule has 1 amide bonds. The van der Waals surface area contributed by atoms with E-state index in [1.54, 1.807) is 16.2 Å². The number of nitrogens with zero attached hydrogens (tertiary/aromatic N) is 2. The lowest BCUT2D eigenvalue weighted by molar-refractivity contribution is -0.122. The topological polar surface area (TPSA) is 32.7 Å². The third-order valence-electron chi connectivity index (χ3n) is 4.02. The van der Waals surface area contributed by atoms with Crippen LogP contribution in [0.15, 0.2) is 39.5 Å². The predicted molar refractivity (Wildman–Crippen MR) is 105 cm³/mol. The fourth-order valence-corrected chi connectivity index (χ4v) is 4.56. The maximum atomic E-state index is 12.7. The molecule has 2 heterocycles. The lowest BCUT2D eigenvalue weighted by atomic mass is 10.1. The maximum Gasteiger partial charge on any atom is 0.266 e. The van der Waals surface area contributed by atoms with E-state index in [2.05, 4.69) is 44.4 Å². The number of carbonyl (C=O) groups is 1. The molecule has 2 aromatic rings. The summed E-state index contributed by atoms with van der Waals surface area (Å²) >= 11 is 3.12. The Morgan fingerprint density at radius 1 is 1.12 bits per heavy atom. The fraction of sp³-hybridized carbons (Fsp3) is 0.263. The van der Waals surface area contributed by atoms with Gasteiger partial charge in [0.05, 0.1) is 10.6 Å². The molecular formula is C19H20N2OS2. The summed E-state index contributed by atoms with van der Waals surface area (Å²) in [6.07, 6.45) is 1.99. The van der Waals surface area contributed by atoms with Crippen molar-refractivity contribution < 1.29 is 4.79 Å². The monoisotopic (exact) mass is 356 g/mol. The van der Waals surface area contributed by atoms with Gasteiger partial charge in [-0.15, -0.1) is 11.3 Å². The van der Waals surface area contributed by atoms with Crippen molar-refractivity contribution in [3.63, 3.8) is 0 Å². The number of hydrogen-bond donors (Lipinski definition) is 0. The zero-order valence-electron chi connectivity index (χ0n) is 14.3. The van der Waals surface area contributed by atoms with Crippen LogP contribution in [0.25, 0.3) is 6.08 Å². The molecule has 1 aliphatic heterocycles. The van der Waals surface area contributed by atoms with Crippen LogP contribution in [0.3, 0.4) is 0 Å². The zero-order valence-corrected chi connectivity index (χ0v) is 15.9. The molecular weight excluding hydrogens is 336 g/mol. The van der Waals surface area contributed by atoms with Gasteiger partial charge >= 0.3 is 0 Å². The quantitative estimate of drug-likeness (QED) is 0.699. The van der Waals surface area contributed by atoms with Gasteiger partial charge in [0.25, 0.3) is 5.91 Å². The van der Waals surface area contributed by atoms with Crippen LogP contribution in [-0.2, 0) is 4.79 Å². The SMILES string of the molecule is CCN1C(=O)/C(=C\c2sccc2C)SC1=Nc1c(C)cccc1C. The Kier molecular flexibility index (Phi) is 4.92. The predicted octanol–water partition coefficient (Wildman–Crippen LogP) is 5.30. The Balaban J connectivity index is 2.01. The van der Waals surface area contributed by atoms with Crippen molar-refractivity contribution in [2.45, 2.75) is 27.7 Å². The first kappa shape index (κ1) is 17.0. The van der Waals surface area contributed by atoms with Crippen LogP contribution in [0.1, 0.15) is 28.5 Å². The Bertz CT molecular complexity index is 829. The second kappa shape index (κ2) is 6.95. The number of thioether (sulfide) groups is 1. The van der Waals surface area contributed by atoms with E-state index < -0.39 is 0 Å². The van der Waals surface area contributed by atoms with Crippen molar-refractivity contribution in [2.75, 3.05) is 6.54 Å². The second-order valence-electron chi connectivity index (χ2n) is 5.76. The van der Waals surface area contributed by atoms with Gasteiger partial charge < -0.3 is 0 Å². The van der Waals surface area contributed by atoms with E-state index in [1.165, 1.54) is 17.3 Å². The largest absolute Gasteiger partial charge is 0.287 e. The van der Waals surface area contributed by atoms with Gasteiger partial charge in [-0.2, -0.15) is 0 Å². The van der Waals surface area contributed by atoms with Crippen molar-refractivity contribution in [1.82, 2.24) is 4.90 Å². The molecule has 0 unspecified atom stereocenters. The number of para-hydroxylation sites is 1. The van der Waals surface area contributed by atoms with E-state index in [0.717, 1.165) is 31.8 Å². The molecule has 0 bridgehead atoms. The summed E-state index contributed by atoms with van der Waals surface area (Å²) in [7, 11) is 0. The third kappa shape index (κ3) is 3.19. The molecule has 1 saturated heterocycles. The highest BCUT2D eigenvalue weighted by Gasteiger charge is 2.32. The van der Waals surface area contributed by atoms with Gasteiger partial charge in [-0.25, -0.2) is 4.99 Å². The average molecular weight is 357 g/mol. The number of rotatable bonds is 3. The fourth-order valence-electron chi connectivity index (χ4n) is 2.60. The van der Waals surface area contributed by atoms with Crippen LogP contribution in [0.2, 0.25) is 0 Å². The standard InChI is InChI=1S/C19H20N2OS2/c1-5-21-18(22)16(11-15-12(2)9-10-23-15)24-19(21)20-17-13(3)7-6-8-14(17)4/h6-11H,5H2,1-4H3/b16-11+,20-19?. The van der Waals surface area contributed by atoms with E-state index in [9.17, 15) is 4.79 Å². The minimum Gasteiger partial charge on any atom is -0.287 e. The average Bonchev–Trinajstić information content (AvgIpc) is 3.08. The van der Waals surface area contributed by atoms with Crippen LogP contribution in [-0.4, -0.2) is 22.5 Å². The van der Waals surface area contributed by atoms with Crippen molar-refractivity contribution in [3.05, 3.63) is 56.1 Å². The van der Waals surface area contributed by atoms with Gasteiger partial charge in [0, 0.05) is 11.4 Å². The molecule has 0 saturated carbocycles. The second-order valence-corrected chi connectivity index (χ2v) is 7.72. The van der Waals surface area contributed by atoms with Crippen LogP contribution in [0.5, 0.6) is 0 Å². The molecule has 1 aromatic heterocycles. The Labute approximate surface area is 151 Å². The number of aliphatic imine (C=N–C) groups is 1. The summed E-state index contributed by atoms with van der Waals surface area (Å²) < 4.78 is 0. The van der Waals surface area contributed by atoms with Gasteiger partial charge in [0.2, 0.25) is 0 Å². The molecule has 1 aliphatic rings. The van der Waals surface area contributed by atoms with Crippen molar-refractivity contribution in [1.29, 1.82) is 0 Å². The third-order valence-corrected chi connectivity index (χ3v) is 5.99. The lowest BCUT2D eigenvalue weighted by Crippen LogP contribution is -2.28. The molecule has 0 atom stereocenters. The summed E-state index contributed by atoms with van der Waals surface area (Å²) in [6, 6.07) is 8.21. The molecule has 3 nitrogen and oxygen atoms in total. The summed E-state index contributed by atoms with van der Waals surface area (Å²) in [5.74, 6) is 0.0419. The highest BCUT2D eigenvalue weighted by molar-refractivity contribution is 8.18. The van der Waals surface area contributed by atoms with Crippen LogP contribution < -0.4 is 0 Å². The molecule has 0 aliphatic carbocycles. The highest BCUT2D eigenvalue weighted by atomic mass is 32.2. The lowest BCUT2D eigenvalue weighted by Gasteiger charge is -2.13. The molecule has 0 N–H and O–H groups in total. The number of aryl methyl sites for hydroxylation is 3. The normalized spacial score (nSPS) is 18.2. The minimum atomic E-state index is 0.0419. The molecule has 0 radical (unpaired) electrons. The molecule has 24 heavy (non-hydrogen) atoms. The Morgan fingerprint density at radius 3 is 2.42 bits per heavy atom. The zero-order chi connectivity index (χ0) is 17.3. The van der Waals surface area contributed by atoms with Crippen LogP contribution >= 0.6 is 23.1 Å². The number of amidine groups is 1. The molecule has 3 rings (SSSR count). The molecule has 1 aromatic carbocycles. The van der Waals surface area contributed by atoms with Crippen molar-refractivity contribution in [3.8, 4) is 0 Å². The van der Waals surface area contributed by atoms with Gasteiger partial charge in [0.1, 0.15) is 0 Å². The highest BCUT2D eigenvalue weighted by Crippen LogP contribution is 2.36. The summed E-state index contributed by atoms with van der Waals surface area (Å²) in [4.78, 5) is 21.1. The van der Waals surface area contributed by atoms with E-state index >= 15 is 0 Å². The smallest absolute Gasteiger partial charge is 0.266 e. The van der Waals surface area contributed by atoms with Gasteiger partial charge in [0.15, 0.2) is 5.17 Å². The summed E-state index contributed by atoms with van der Waals surface area (Å²) in [5.41, 5.74) is 4.40. The number of likely N-dealkylation sites (N-methyl/N-ethyl adjacent to an activating group) is 1. The van der Waals surface area contributed by atoms with Crippen LogP contribution in [0.4, 0.5) is 5.69 Å². The van der Waals surface area contributed by atoms with Gasteiger partial charge in [-0.05, 0) is 73.7 Å². The van der Waals surface area contributed by atoms with E-state index in [1.807, 2.05) is 19.1 Å². The first-order valence-electron chi connectivity index (χ1n) is 7.91. The number of amides is 1. The molecule has 5 heteroatoms. The van der Waals surface area contributed by atoms with Gasteiger partial charge in [-0.3, -0.25) is 9.69 Å². The van der Waals surface area contributed by atoms with Crippen LogP contribution in [0, 0.1) is 20.8 Å². The van der Waals surface area contributed by atoms with E-state index in [-0.39, 0.29) is 5.91 Å². The minimum absolute atomic E-state index is 0.0419. The van der Waals surface area contributed by atoms with E-state index in [4.69, 9.17) is 4.99 Å². The molecule has 124 valence electrons. The van der Waals surface area contributed by atoms with Crippen molar-refractivity contribution >= 4 is 45.9 Å². The number of thiophene rings is 1. The molecule has 0 spiro atoms. The summed E-state index contributed by atoms with van der Waals surface area (Å²) in [5, 5.41) is 2.81. The van der Waals surface area contributed by atoms with Crippen molar-refractivity contribution in [2.24, 2.45) is 4.99 Å². The van der Waals surface area contributed by atoms with Gasteiger partial charge in [-0.1, -0.05) is 18.2 Å². The number of benzene rings is 1.